The largest absolute Gasteiger partial charge is 0.368 e. The van der Waals surface area contributed by atoms with Gasteiger partial charge in [-0.1, -0.05) is 33.6 Å². The van der Waals surface area contributed by atoms with Gasteiger partial charge in [-0.15, -0.1) is 0 Å². The number of nitrogens with zero attached hydrogens (tertiary/aromatic N) is 2. The van der Waals surface area contributed by atoms with E-state index in [0.29, 0.717) is 6.04 Å². The van der Waals surface area contributed by atoms with Gasteiger partial charge in [-0.05, 0) is 31.7 Å². The molecular weight excluding hydrogens is 300 g/mol. The number of anilines is 1. The third-order valence-electron chi connectivity index (χ3n) is 3.49. The fourth-order valence-corrected chi connectivity index (χ4v) is 2.85. The van der Waals surface area contributed by atoms with Crippen LogP contribution in [0.5, 0.6) is 0 Å². The van der Waals surface area contributed by atoms with Crippen molar-refractivity contribution in [1.29, 1.82) is 0 Å². The minimum Gasteiger partial charge on any atom is -0.368 e. The molecule has 94 valence electrons. The predicted molar refractivity (Wildman–Crippen MR) is 78.4 cm³/mol. The van der Waals surface area contributed by atoms with E-state index in [1.54, 1.807) is 0 Å². The predicted octanol–water partition coefficient (Wildman–Crippen LogP) is 3.38. The molecule has 1 fully saturated rings. The van der Waals surface area contributed by atoms with Gasteiger partial charge >= 0.3 is 0 Å². The van der Waals surface area contributed by atoms with Gasteiger partial charge in [-0.25, -0.2) is 0 Å². The van der Waals surface area contributed by atoms with Crippen LogP contribution in [0.2, 0.25) is 5.02 Å². The number of hydrogen-bond donors (Lipinski definition) is 0. The number of halogens is 2. The summed E-state index contributed by atoms with van der Waals surface area (Å²) in [5, 5.41) is 1.69. The van der Waals surface area contributed by atoms with Crippen molar-refractivity contribution in [3.05, 3.63) is 28.8 Å². The molecule has 0 aromatic heterocycles. The lowest BCUT2D eigenvalue weighted by atomic mass is 10.1. The summed E-state index contributed by atoms with van der Waals surface area (Å²) in [5.41, 5.74) is 2.58. The molecule has 1 aromatic rings. The van der Waals surface area contributed by atoms with E-state index < -0.39 is 0 Å². The van der Waals surface area contributed by atoms with Gasteiger partial charge < -0.3 is 9.80 Å². The Morgan fingerprint density at radius 1 is 1.41 bits per heavy atom. The number of benzene rings is 1. The van der Waals surface area contributed by atoms with Crippen molar-refractivity contribution in [2.24, 2.45) is 0 Å². The Bertz CT molecular complexity index is 397. The molecule has 1 heterocycles. The molecule has 17 heavy (non-hydrogen) atoms. The zero-order chi connectivity index (χ0) is 12.4. The smallest absolute Gasteiger partial charge is 0.0426 e. The summed E-state index contributed by atoms with van der Waals surface area (Å²) in [6.45, 7) is 5.51. The molecule has 0 aliphatic carbocycles. The van der Waals surface area contributed by atoms with E-state index in [9.17, 15) is 0 Å². The highest BCUT2D eigenvalue weighted by Crippen LogP contribution is 2.28. The Kier molecular flexibility index (Phi) is 4.34. The van der Waals surface area contributed by atoms with Crippen molar-refractivity contribution < 1.29 is 0 Å². The van der Waals surface area contributed by atoms with Gasteiger partial charge in [0.2, 0.25) is 0 Å². The number of alkyl halides is 1. The average molecular weight is 318 g/mol. The summed E-state index contributed by atoms with van der Waals surface area (Å²) in [4.78, 5) is 4.84. The van der Waals surface area contributed by atoms with E-state index in [1.807, 2.05) is 6.07 Å². The van der Waals surface area contributed by atoms with Gasteiger partial charge in [0.05, 0.1) is 0 Å². The molecule has 1 saturated heterocycles. The zero-order valence-electron chi connectivity index (χ0n) is 10.3. The first-order chi connectivity index (χ1) is 8.11. The van der Waals surface area contributed by atoms with Crippen LogP contribution in [0.4, 0.5) is 5.69 Å². The highest BCUT2D eigenvalue weighted by Gasteiger charge is 2.22. The molecular formula is C13H18BrClN2. The standard InChI is InChI=1S/C13H18BrClN2/c1-10-9-17(6-5-16(10)2)13-7-12(15)4-3-11(13)8-14/h3-4,7,10H,5-6,8-9H2,1-2H3. The molecule has 0 saturated carbocycles. The van der Waals surface area contributed by atoms with Crippen LogP contribution in [0.25, 0.3) is 0 Å². The third kappa shape index (κ3) is 2.95. The van der Waals surface area contributed by atoms with Gasteiger partial charge in [0.15, 0.2) is 0 Å². The normalized spacial score (nSPS) is 21.9. The Hall–Kier alpha value is -0.250. The van der Waals surface area contributed by atoms with Crippen molar-refractivity contribution in [2.75, 3.05) is 31.6 Å². The van der Waals surface area contributed by atoms with E-state index in [4.69, 9.17) is 11.6 Å². The topological polar surface area (TPSA) is 6.48 Å². The molecule has 0 spiro atoms. The molecule has 0 N–H and O–H groups in total. The molecule has 4 heteroatoms. The molecule has 1 aliphatic heterocycles. The van der Waals surface area contributed by atoms with Crippen LogP contribution >= 0.6 is 27.5 Å². The quantitative estimate of drug-likeness (QED) is 0.772. The van der Waals surface area contributed by atoms with Crippen LogP contribution in [-0.4, -0.2) is 37.6 Å². The first kappa shape index (κ1) is 13.2. The summed E-state index contributed by atoms with van der Waals surface area (Å²) in [7, 11) is 2.19. The maximum absolute atomic E-state index is 6.11. The molecule has 0 amide bonds. The van der Waals surface area contributed by atoms with Crippen LogP contribution in [-0.2, 0) is 5.33 Å². The molecule has 2 rings (SSSR count). The van der Waals surface area contributed by atoms with Gasteiger partial charge in [0, 0.05) is 41.7 Å². The number of likely N-dealkylation sites (N-methyl/N-ethyl adjacent to an activating group) is 1. The highest BCUT2D eigenvalue weighted by atomic mass is 79.9. The Labute approximate surface area is 117 Å². The number of rotatable bonds is 2. The zero-order valence-corrected chi connectivity index (χ0v) is 12.6. The first-order valence-electron chi connectivity index (χ1n) is 5.91. The Morgan fingerprint density at radius 2 is 2.18 bits per heavy atom. The molecule has 0 radical (unpaired) electrons. The molecule has 1 aromatic carbocycles. The lowest BCUT2D eigenvalue weighted by Gasteiger charge is -2.39. The van der Waals surface area contributed by atoms with E-state index in [1.165, 1.54) is 11.3 Å². The van der Waals surface area contributed by atoms with Crippen LogP contribution < -0.4 is 4.90 Å². The van der Waals surface area contributed by atoms with Gasteiger partial charge in [-0.2, -0.15) is 0 Å². The summed E-state index contributed by atoms with van der Waals surface area (Å²) in [5.74, 6) is 0. The van der Waals surface area contributed by atoms with E-state index in [2.05, 4.69) is 51.8 Å². The monoisotopic (exact) mass is 316 g/mol. The second-order valence-electron chi connectivity index (χ2n) is 4.68. The van der Waals surface area contributed by atoms with Gasteiger partial charge in [-0.3, -0.25) is 0 Å². The Balaban J connectivity index is 2.24. The lowest BCUT2D eigenvalue weighted by molar-refractivity contribution is 0.234. The second kappa shape index (κ2) is 5.59. The van der Waals surface area contributed by atoms with E-state index >= 15 is 0 Å². The Morgan fingerprint density at radius 3 is 2.82 bits per heavy atom. The van der Waals surface area contributed by atoms with Crippen molar-refractivity contribution in [1.82, 2.24) is 4.90 Å². The summed E-state index contributed by atoms with van der Waals surface area (Å²) < 4.78 is 0. The molecule has 0 bridgehead atoms. The van der Waals surface area contributed by atoms with Crippen molar-refractivity contribution in [3.8, 4) is 0 Å². The van der Waals surface area contributed by atoms with Gasteiger partial charge in [0.25, 0.3) is 0 Å². The second-order valence-corrected chi connectivity index (χ2v) is 5.68. The summed E-state index contributed by atoms with van der Waals surface area (Å²) >= 11 is 9.65. The lowest BCUT2D eigenvalue weighted by Crippen LogP contribution is -2.50. The maximum Gasteiger partial charge on any atom is 0.0426 e. The van der Waals surface area contributed by atoms with Gasteiger partial charge in [0.1, 0.15) is 0 Å². The minimum absolute atomic E-state index is 0.589. The van der Waals surface area contributed by atoms with Crippen LogP contribution in [0.1, 0.15) is 12.5 Å². The number of hydrogen-bond acceptors (Lipinski definition) is 2. The summed E-state index contributed by atoms with van der Waals surface area (Å²) in [6.07, 6.45) is 0. The van der Waals surface area contributed by atoms with Crippen molar-refractivity contribution in [2.45, 2.75) is 18.3 Å². The molecule has 1 unspecified atom stereocenters. The minimum atomic E-state index is 0.589. The molecule has 1 aliphatic rings. The maximum atomic E-state index is 6.11. The fraction of sp³-hybridized carbons (Fsp3) is 0.538. The third-order valence-corrected chi connectivity index (χ3v) is 4.33. The SMILES string of the molecule is CC1CN(c2cc(Cl)ccc2CBr)CCN1C. The van der Waals surface area contributed by atoms with E-state index in [-0.39, 0.29) is 0 Å². The molecule has 1 atom stereocenters. The first-order valence-corrected chi connectivity index (χ1v) is 7.41. The van der Waals surface area contributed by atoms with E-state index in [0.717, 1.165) is 30.0 Å². The fourth-order valence-electron chi connectivity index (χ4n) is 2.21. The van der Waals surface area contributed by atoms with Crippen molar-refractivity contribution >= 4 is 33.2 Å². The summed E-state index contributed by atoms with van der Waals surface area (Å²) in [6, 6.07) is 6.73. The average Bonchev–Trinajstić information content (AvgIpc) is 2.32. The van der Waals surface area contributed by atoms with Crippen molar-refractivity contribution in [3.63, 3.8) is 0 Å². The van der Waals surface area contributed by atoms with Crippen LogP contribution in [0, 0.1) is 0 Å². The van der Waals surface area contributed by atoms with Crippen LogP contribution in [0.3, 0.4) is 0 Å². The molecule has 2 nitrogen and oxygen atoms in total. The highest BCUT2D eigenvalue weighted by molar-refractivity contribution is 9.08. The van der Waals surface area contributed by atoms with Crippen LogP contribution in [0.15, 0.2) is 18.2 Å². The number of piperazine rings is 1.